The lowest BCUT2D eigenvalue weighted by atomic mass is 9.89. The van der Waals surface area contributed by atoms with Crippen LogP contribution in [0.2, 0.25) is 5.02 Å². The second-order valence-electron chi connectivity index (χ2n) is 10.1. The number of carbonyl (C=O) groups is 1. The highest BCUT2D eigenvalue weighted by atomic mass is 35.5. The molecule has 37 heavy (non-hydrogen) atoms. The molecule has 1 aromatic carbocycles. The number of pyridine rings is 1. The van der Waals surface area contributed by atoms with Crippen LogP contribution in [0.4, 0.5) is 0 Å². The van der Waals surface area contributed by atoms with Crippen molar-refractivity contribution in [2.24, 2.45) is 5.92 Å². The number of halogens is 1. The Morgan fingerprint density at radius 3 is 2.62 bits per heavy atom. The Bertz CT molecular complexity index is 1340. The minimum absolute atomic E-state index is 0.128. The van der Waals surface area contributed by atoms with Crippen molar-refractivity contribution in [2.45, 2.75) is 63.3 Å². The Labute approximate surface area is 229 Å². The predicted molar refractivity (Wildman–Crippen MR) is 144 cm³/mol. The zero-order valence-corrected chi connectivity index (χ0v) is 23.1. The SMILES string of the molecule is [2H]C([2H])(NC(=O)c1cc(Cl)c2c(c1C)O[C@@](C)(C1CCN(C[C@H]3CCO3)CC1)O2)c1c(SC)cc(C)[nH]c1=O. The fraction of sp³-hybridized carbons (Fsp3) is 0.556. The number of rotatable bonds is 7. The smallest absolute Gasteiger partial charge is 0.254 e. The molecule has 1 aromatic heterocycles. The maximum absolute atomic E-state index is 13.4. The Balaban J connectivity index is 1.34. The molecule has 0 aliphatic carbocycles. The van der Waals surface area contributed by atoms with Crippen LogP contribution in [0.15, 0.2) is 21.8 Å². The Kier molecular flexibility index (Phi) is 6.79. The summed E-state index contributed by atoms with van der Waals surface area (Å²) in [4.78, 5) is 31.5. The highest BCUT2D eigenvalue weighted by molar-refractivity contribution is 7.98. The number of benzene rings is 1. The number of piperidine rings is 1. The van der Waals surface area contributed by atoms with Crippen molar-refractivity contribution in [3.8, 4) is 11.5 Å². The molecule has 2 atom stereocenters. The van der Waals surface area contributed by atoms with Crippen LogP contribution in [0.3, 0.4) is 0 Å². The number of thioether (sulfide) groups is 1. The van der Waals surface area contributed by atoms with E-state index < -0.39 is 23.8 Å². The maximum Gasteiger partial charge on any atom is 0.254 e. The topological polar surface area (TPSA) is 92.9 Å². The van der Waals surface area contributed by atoms with Gasteiger partial charge in [-0.1, -0.05) is 11.6 Å². The molecule has 0 bridgehead atoms. The van der Waals surface area contributed by atoms with E-state index in [9.17, 15) is 9.59 Å². The summed E-state index contributed by atoms with van der Waals surface area (Å²) in [7, 11) is 0. The largest absolute Gasteiger partial charge is 0.448 e. The van der Waals surface area contributed by atoms with Crippen molar-refractivity contribution in [1.29, 1.82) is 0 Å². The summed E-state index contributed by atoms with van der Waals surface area (Å²) in [6, 6.07) is 3.15. The molecule has 1 amide bonds. The van der Waals surface area contributed by atoms with Gasteiger partial charge < -0.3 is 29.4 Å². The molecule has 5 rings (SSSR count). The third-order valence-corrected chi connectivity index (χ3v) is 8.57. The summed E-state index contributed by atoms with van der Waals surface area (Å²) in [5, 5.41) is 2.60. The van der Waals surface area contributed by atoms with Crippen molar-refractivity contribution < 1.29 is 21.7 Å². The predicted octanol–water partition coefficient (Wildman–Crippen LogP) is 4.29. The van der Waals surface area contributed by atoms with Crippen LogP contribution in [-0.2, 0) is 11.2 Å². The van der Waals surface area contributed by atoms with Crippen LogP contribution in [0.5, 0.6) is 11.5 Å². The Hall–Kier alpha value is -2.20. The van der Waals surface area contributed by atoms with Gasteiger partial charge >= 0.3 is 0 Å². The summed E-state index contributed by atoms with van der Waals surface area (Å²) >= 11 is 7.82. The number of hydrogen-bond acceptors (Lipinski definition) is 7. The molecular formula is C27H34ClN3O5S. The third kappa shape index (κ3) is 5.24. The molecular weight excluding hydrogens is 514 g/mol. The van der Waals surface area contributed by atoms with Gasteiger partial charge in [-0.2, -0.15) is 0 Å². The number of nitrogens with one attached hydrogen (secondary N) is 2. The molecule has 2 N–H and O–H groups in total. The van der Waals surface area contributed by atoms with E-state index in [4.69, 9.17) is 28.6 Å². The first-order chi connectivity index (χ1) is 18.4. The first-order valence-electron chi connectivity index (χ1n) is 13.6. The number of ether oxygens (including phenoxy) is 3. The van der Waals surface area contributed by atoms with Crippen LogP contribution >= 0.6 is 23.4 Å². The number of amides is 1. The molecule has 0 saturated carbocycles. The monoisotopic (exact) mass is 549 g/mol. The highest BCUT2D eigenvalue weighted by Crippen LogP contribution is 2.51. The van der Waals surface area contributed by atoms with Gasteiger partial charge in [0, 0.05) is 59.8 Å². The van der Waals surface area contributed by atoms with Crippen molar-refractivity contribution in [2.75, 3.05) is 32.5 Å². The van der Waals surface area contributed by atoms with Crippen LogP contribution < -0.4 is 20.3 Å². The number of hydrogen-bond donors (Lipinski definition) is 2. The quantitative estimate of drug-likeness (QED) is 0.498. The number of aromatic amines is 1. The third-order valence-electron chi connectivity index (χ3n) is 7.53. The molecule has 0 spiro atoms. The second-order valence-corrected chi connectivity index (χ2v) is 11.3. The number of fused-ring (bicyclic) bond motifs is 1. The van der Waals surface area contributed by atoms with Gasteiger partial charge in [-0.3, -0.25) is 9.59 Å². The van der Waals surface area contributed by atoms with E-state index in [1.54, 1.807) is 26.2 Å². The van der Waals surface area contributed by atoms with Crippen LogP contribution in [-0.4, -0.2) is 60.2 Å². The lowest BCUT2D eigenvalue weighted by molar-refractivity contribution is -0.129. The summed E-state index contributed by atoms with van der Waals surface area (Å²) < 4.78 is 35.4. The van der Waals surface area contributed by atoms with Gasteiger partial charge in [0.2, 0.25) is 0 Å². The normalized spacial score (nSPS) is 24.8. The zero-order valence-electron chi connectivity index (χ0n) is 23.5. The van der Waals surface area contributed by atoms with Gasteiger partial charge in [0.05, 0.1) is 13.9 Å². The fourth-order valence-electron chi connectivity index (χ4n) is 5.23. The summed E-state index contributed by atoms with van der Waals surface area (Å²) in [6.45, 7) is 6.58. The second kappa shape index (κ2) is 10.5. The van der Waals surface area contributed by atoms with E-state index in [0.29, 0.717) is 33.8 Å². The molecule has 200 valence electrons. The van der Waals surface area contributed by atoms with Crippen LogP contribution in [0, 0.1) is 19.8 Å². The van der Waals surface area contributed by atoms with Gasteiger partial charge in [0.25, 0.3) is 17.3 Å². The maximum atomic E-state index is 13.4. The Morgan fingerprint density at radius 1 is 1.27 bits per heavy atom. The number of likely N-dealkylation sites (tertiary alicyclic amines) is 1. The number of H-pyrrole nitrogens is 1. The lowest BCUT2D eigenvalue weighted by Gasteiger charge is -2.40. The average Bonchev–Trinajstić information content (AvgIpc) is 3.22. The first kappa shape index (κ1) is 23.9. The minimum Gasteiger partial charge on any atom is -0.448 e. The standard InChI is InChI=1S/C27H34ClN3O5S/c1-15-11-22(37-4)20(26(33)30-15)13-29-25(32)19-12-21(28)24-23(16(19)2)35-27(3,36-24)17-5-8-31(9-6-17)14-18-7-10-34-18/h11-12,17-18H,5-10,13-14H2,1-4H3,(H,29,32)(H,30,33)/t18-,27-/m1/s1/i13D2. The Morgan fingerprint density at radius 2 is 1.97 bits per heavy atom. The minimum atomic E-state index is -2.43. The number of carbonyl (C=O) groups excluding carboxylic acids is 1. The van der Waals surface area contributed by atoms with Gasteiger partial charge in [0.15, 0.2) is 11.5 Å². The lowest BCUT2D eigenvalue weighted by Crippen LogP contribution is -2.50. The molecule has 0 unspecified atom stereocenters. The number of nitrogens with zero attached hydrogens (tertiary/aromatic N) is 1. The molecule has 2 aromatic rings. The van der Waals surface area contributed by atoms with Crippen LogP contribution in [0.25, 0.3) is 0 Å². The van der Waals surface area contributed by atoms with E-state index in [-0.39, 0.29) is 22.1 Å². The van der Waals surface area contributed by atoms with Gasteiger partial charge in [-0.25, -0.2) is 0 Å². The van der Waals surface area contributed by atoms with Crippen LogP contribution in [0.1, 0.15) is 56.1 Å². The summed E-state index contributed by atoms with van der Waals surface area (Å²) in [5.74, 6) is -0.733. The van der Waals surface area contributed by atoms with Crippen molar-refractivity contribution in [3.05, 3.63) is 49.9 Å². The zero-order chi connectivity index (χ0) is 28.1. The number of aryl methyl sites for hydroxylation is 1. The van der Waals surface area contributed by atoms with Crippen molar-refractivity contribution >= 4 is 29.3 Å². The van der Waals surface area contributed by atoms with E-state index >= 15 is 0 Å². The van der Waals surface area contributed by atoms with Gasteiger partial charge in [-0.05, 0) is 64.6 Å². The molecule has 2 fully saturated rings. The highest BCUT2D eigenvalue weighted by Gasteiger charge is 2.47. The number of aromatic nitrogens is 1. The molecule has 0 radical (unpaired) electrons. The molecule has 2 saturated heterocycles. The first-order valence-corrected chi connectivity index (χ1v) is 14.2. The van der Waals surface area contributed by atoms with Gasteiger partial charge in [0.1, 0.15) is 0 Å². The summed E-state index contributed by atoms with van der Waals surface area (Å²) in [5.41, 5.74) is 0.511. The fourth-order valence-corrected chi connectivity index (χ4v) is 6.10. The van der Waals surface area contributed by atoms with Gasteiger partial charge in [-0.15, -0.1) is 11.8 Å². The van der Waals surface area contributed by atoms with E-state index in [0.717, 1.165) is 45.5 Å². The average molecular weight is 550 g/mol. The molecule has 4 heterocycles. The van der Waals surface area contributed by atoms with Crippen molar-refractivity contribution in [3.63, 3.8) is 0 Å². The van der Waals surface area contributed by atoms with E-state index in [1.165, 1.54) is 17.8 Å². The molecule has 3 aliphatic rings. The van der Waals surface area contributed by atoms with E-state index in [2.05, 4.69) is 15.2 Å². The summed E-state index contributed by atoms with van der Waals surface area (Å²) in [6.07, 6.45) is 5.00. The molecule has 8 nitrogen and oxygen atoms in total. The molecule has 3 aliphatic heterocycles. The van der Waals surface area contributed by atoms with E-state index in [1.807, 2.05) is 6.92 Å². The molecule has 10 heteroatoms. The van der Waals surface area contributed by atoms with Crippen molar-refractivity contribution in [1.82, 2.24) is 15.2 Å².